The second-order valence-corrected chi connectivity index (χ2v) is 15.7. The molecule has 0 aromatic heterocycles. The fraction of sp³-hybridized carbons (Fsp3) is 0.667. The van der Waals surface area contributed by atoms with Crippen molar-refractivity contribution in [3.8, 4) is 23.0 Å². The minimum Gasteiger partial charge on any atom is -0.493 e. The monoisotopic (exact) mass is 626 g/mol. The van der Waals surface area contributed by atoms with Crippen molar-refractivity contribution in [1.29, 1.82) is 0 Å². The van der Waals surface area contributed by atoms with Gasteiger partial charge in [-0.2, -0.15) is 11.8 Å². The first-order chi connectivity index (χ1) is 21.1. The number of nitrogens with zero attached hydrogens (tertiary/aromatic N) is 2. The van der Waals surface area contributed by atoms with Crippen LogP contribution in [0.2, 0.25) is 0 Å². The Kier molecular flexibility index (Phi) is 10.7. The number of methoxy groups -OCH3 is 4. The number of fused-ring (bicyclic) bond motifs is 4. The second-order valence-electron chi connectivity index (χ2n) is 13.8. The van der Waals surface area contributed by atoms with Gasteiger partial charge < -0.3 is 24.1 Å². The van der Waals surface area contributed by atoms with Gasteiger partial charge in [-0.3, -0.25) is 9.80 Å². The van der Waals surface area contributed by atoms with Crippen molar-refractivity contribution < 1.29 is 24.1 Å². The van der Waals surface area contributed by atoms with E-state index in [0.29, 0.717) is 24.4 Å². The molecule has 2 aromatic carbocycles. The number of piperidine rings is 1. The second kappa shape index (κ2) is 14.1. The molecule has 0 radical (unpaired) electrons. The zero-order valence-electron chi connectivity index (χ0n) is 28.2. The lowest BCUT2D eigenvalue weighted by molar-refractivity contribution is 0.0233. The highest BCUT2D eigenvalue weighted by Crippen LogP contribution is 2.49. The van der Waals surface area contributed by atoms with Crippen LogP contribution in [0.15, 0.2) is 24.3 Å². The van der Waals surface area contributed by atoms with Gasteiger partial charge in [0.05, 0.1) is 34.5 Å². The van der Waals surface area contributed by atoms with Crippen molar-refractivity contribution in [2.24, 2.45) is 11.8 Å². The fourth-order valence-corrected chi connectivity index (χ4v) is 8.58. The highest BCUT2D eigenvalue weighted by molar-refractivity contribution is 8.00. The maximum absolute atomic E-state index is 11.2. The number of hydrogen-bond donors (Lipinski definition) is 1. The lowest BCUT2D eigenvalue weighted by atomic mass is 9.72. The molecular weight excluding hydrogens is 572 g/mol. The zero-order valence-corrected chi connectivity index (χ0v) is 29.0. The summed E-state index contributed by atoms with van der Waals surface area (Å²) in [7, 11) is 6.89. The molecule has 7 nitrogen and oxygen atoms in total. The molecule has 0 bridgehead atoms. The Labute approximate surface area is 269 Å². The van der Waals surface area contributed by atoms with Crippen molar-refractivity contribution in [3.05, 3.63) is 46.5 Å². The predicted molar refractivity (Wildman–Crippen MR) is 180 cm³/mol. The summed E-state index contributed by atoms with van der Waals surface area (Å²) in [5.41, 5.74) is 5.46. The van der Waals surface area contributed by atoms with E-state index in [2.05, 4.69) is 61.8 Å². The minimum absolute atomic E-state index is 0.129. The van der Waals surface area contributed by atoms with Crippen LogP contribution in [-0.2, 0) is 12.8 Å². The molecule has 1 saturated heterocycles. The molecule has 244 valence electrons. The van der Waals surface area contributed by atoms with E-state index in [9.17, 15) is 5.11 Å². The summed E-state index contributed by atoms with van der Waals surface area (Å²) in [5, 5.41) is 11.2. The van der Waals surface area contributed by atoms with E-state index in [1.807, 2.05) is 11.8 Å². The Hall–Kier alpha value is -2.13. The SMILES string of the molecule is CC[C@H]1CN2CCc3cc(OC)c(OC)cc3[C@@H]2C[C@@H]1C[C@@H]1c2cc(OC)c(OC)cc2CCN1CC(O)CSC(C)(C)C. The van der Waals surface area contributed by atoms with Gasteiger partial charge in [0.25, 0.3) is 0 Å². The maximum atomic E-state index is 11.2. The summed E-state index contributed by atoms with van der Waals surface area (Å²) < 4.78 is 23.0. The normalized spacial score (nSPS) is 24.6. The van der Waals surface area contributed by atoms with E-state index in [1.165, 1.54) is 28.7 Å². The molecule has 0 aliphatic carbocycles. The van der Waals surface area contributed by atoms with Gasteiger partial charge in [0.15, 0.2) is 23.0 Å². The predicted octanol–water partition coefficient (Wildman–Crippen LogP) is 6.55. The van der Waals surface area contributed by atoms with Crippen LogP contribution >= 0.6 is 11.8 Å². The summed E-state index contributed by atoms with van der Waals surface area (Å²) in [5.74, 6) is 5.13. The van der Waals surface area contributed by atoms with Crippen LogP contribution < -0.4 is 18.9 Å². The number of β-amino-alcohol motifs (C(OH)–C–C–N with tert-alkyl or cyclic N) is 1. The molecule has 1 N–H and O–H groups in total. The van der Waals surface area contributed by atoms with Gasteiger partial charge in [0.1, 0.15) is 0 Å². The maximum Gasteiger partial charge on any atom is 0.161 e. The number of benzene rings is 2. The molecule has 3 aliphatic heterocycles. The molecule has 0 spiro atoms. The molecule has 5 rings (SSSR count). The Morgan fingerprint density at radius 1 is 0.841 bits per heavy atom. The average Bonchev–Trinajstić information content (AvgIpc) is 3.02. The molecular formula is C36H54N2O5S. The summed E-state index contributed by atoms with van der Waals surface area (Å²) in [4.78, 5) is 5.27. The Morgan fingerprint density at radius 3 is 2.00 bits per heavy atom. The van der Waals surface area contributed by atoms with E-state index in [1.54, 1.807) is 28.4 Å². The number of aliphatic hydroxyl groups excluding tert-OH is 1. The van der Waals surface area contributed by atoms with E-state index in [-0.39, 0.29) is 16.9 Å². The minimum atomic E-state index is -0.375. The highest BCUT2D eigenvalue weighted by Gasteiger charge is 2.41. The van der Waals surface area contributed by atoms with Crippen LogP contribution in [-0.4, -0.2) is 86.1 Å². The first kappa shape index (κ1) is 33.2. The largest absolute Gasteiger partial charge is 0.493 e. The van der Waals surface area contributed by atoms with Gasteiger partial charge in [-0.15, -0.1) is 0 Å². The van der Waals surface area contributed by atoms with Crippen LogP contribution in [0.5, 0.6) is 23.0 Å². The standard InChI is InChI=1S/C36H54N2O5S/c1-9-23-20-37-12-10-24-16-32(40-5)34(42-7)18-28(24)30(37)14-26(23)15-31-29-19-35(43-8)33(41-6)17-25(29)11-13-38(31)21-27(39)22-44-36(2,3)4/h16-19,23,26-27,30-31,39H,9-15,20-22H2,1-8H3/t23-,26+,27?,30-,31+/m0/s1. The van der Waals surface area contributed by atoms with E-state index < -0.39 is 0 Å². The van der Waals surface area contributed by atoms with Crippen LogP contribution in [0.1, 0.15) is 81.3 Å². The van der Waals surface area contributed by atoms with Crippen molar-refractivity contribution in [2.75, 3.05) is 60.4 Å². The van der Waals surface area contributed by atoms with Gasteiger partial charge in [-0.25, -0.2) is 0 Å². The third kappa shape index (κ3) is 7.14. The Morgan fingerprint density at radius 2 is 1.41 bits per heavy atom. The van der Waals surface area contributed by atoms with Crippen molar-refractivity contribution in [3.63, 3.8) is 0 Å². The number of ether oxygens (including phenoxy) is 4. The highest BCUT2D eigenvalue weighted by atomic mass is 32.2. The van der Waals surface area contributed by atoms with Crippen molar-refractivity contribution >= 4 is 11.8 Å². The lowest BCUT2D eigenvalue weighted by Gasteiger charge is -2.49. The van der Waals surface area contributed by atoms with Crippen LogP contribution in [0.4, 0.5) is 0 Å². The van der Waals surface area contributed by atoms with E-state index in [0.717, 1.165) is 74.1 Å². The van der Waals surface area contributed by atoms with Gasteiger partial charge in [-0.1, -0.05) is 34.1 Å². The Balaban J connectivity index is 1.46. The number of aliphatic hydroxyl groups is 1. The molecule has 1 unspecified atom stereocenters. The first-order valence-electron chi connectivity index (χ1n) is 16.4. The van der Waals surface area contributed by atoms with Crippen LogP contribution in [0.25, 0.3) is 0 Å². The Bertz CT molecular complexity index is 1280. The molecule has 5 atom stereocenters. The molecule has 0 saturated carbocycles. The molecule has 0 amide bonds. The van der Waals surface area contributed by atoms with Crippen LogP contribution in [0, 0.1) is 11.8 Å². The van der Waals surface area contributed by atoms with Gasteiger partial charge in [0, 0.05) is 48.8 Å². The van der Waals surface area contributed by atoms with Gasteiger partial charge in [0.2, 0.25) is 0 Å². The summed E-state index contributed by atoms with van der Waals surface area (Å²) >= 11 is 1.84. The number of rotatable bonds is 11. The third-order valence-corrected chi connectivity index (χ3v) is 11.5. The fourth-order valence-electron chi connectivity index (χ4n) is 7.79. The molecule has 8 heteroatoms. The zero-order chi connectivity index (χ0) is 31.6. The van der Waals surface area contributed by atoms with Gasteiger partial charge in [-0.05, 0) is 84.0 Å². The summed E-state index contributed by atoms with van der Waals surface area (Å²) in [6.45, 7) is 12.8. The first-order valence-corrected chi connectivity index (χ1v) is 17.4. The van der Waals surface area contributed by atoms with Crippen molar-refractivity contribution in [1.82, 2.24) is 9.80 Å². The smallest absolute Gasteiger partial charge is 0.161 e. The van der Waals surface area contributed by atoms with Crippen molar-refractivity contribution in [2.45, 2.75) is 82.7 Å². The number of hydrogen-bond acceptors (Lipinski definition) is 8. The lowest BCUT2D eigenvalue weighted by Crippen LogP contribution is -2.47. The van der Waals surface area contributed by atoms with E-state index in [4.69, 9.17) is 18.9 Å². The molecule has 44 heavy (non-hydrogen) atoms. The molecule has 3 heterocycles. The molecule has 1 fully saturated rings. The van der Waals surface area contributed by atoms with E-state index >= 15 is 0 Å². The summed E-state index contributed by atoms with van der Waals surface area (Å²) in [6.07, 6.45) is 4.97. The third-order valence-electron chi connectivity index (χ3n) is 10.1. The molecule has 2 aromatic rings. The summed E-state index contributed by atoms with van der Waals surface area (Å²) in [6, 6.07) is 9.42. The van der Waals surface area contributed by atoms with Crippen LogP contribution in [0.3, 0.4) is 0 Å². The number of thioether (sulfide) groups is 1. The average molecular weight is 627 g/mol. The molecule has 3 aliphatic rings. The topological polar surface area (TPSA) is 63.6 Å². The quantitative estimate of drug-likeness (QED) is 0.302. The van der Waals surface area contributed by atoms with Gasteiger partial charge >= 0.3 is 0 Å².